The van der Waals surface area contributed by atoms with Crippen LogP contribution >= 0.6 is 11.3 Å². The Bertz CT molecular complexity index is 1780. The zero-order valence-corrected chi connectivity index (χ0v) is 18.7. The van der Waals surface area contributed by atoms with E-state index in [1.807, 2.05) is 0 Å². The van der Waals surface area contributed by atoms with E-state index in [0.29, 0.717) is 27.5 Å². The number of fused-ring (bicyclic) bond motifs is 2. The molecule has 170 valence electrons. The summed E-state index contributed by atoms with van der Waals surface area (Å²) >= 11 is 1.04. The highest BCUT2D eigenvalue weighted by Crippen LogP contribution is 2.31. The van der Waals surface area contributed by atoms with Crippen molar-refractivity contribution >= 4 is 40.1 Å². The summed E-state index contributed by atoms with van der Waals surface area (Å²) in [5, 5.41) is 33.3. The Labute approximate surface area is 201 Å². The maximum atomic E-state index is 12.8. The van der Waals surface area contributed by atoms with Crippen LogP contribution in [0.25, 0.3) is 11.3 Å². The van der Waals surface area contributed by atoms with Gasteiger partial charge in [-0.1, -0.05) is 47.7 Å². The Morgan fingerprint density at radius 3 is 2.46 bits per heavy atom. The zero-order chi connectivity index (χ0) is 24.1. The summed E-state index contributed by atoms with van der Waals surface area (Å²) in [6, 6.07) is 20.3. The van der Waals surface area contributed by atoms with Gasteiger partial charge in [-0.15, -0.1) is 10.2 Å². The molecule has 0 fully saturated rings. The average Bonchev–Trinajstić information content (AvgIpc) is 3.47. The molecule has 9 nitrogen and oxygen atoms in total. The quantitative estimate of drug-likeness (QED) is 0.384. The molecule has 0 unspecified atom stereocenters. The smallest absolute Gasteiger partial charge is 0.279 e. The third-order valence-corrected chi connectivity index (χ3v) is 6.66. The van der Waals surface area contributed by atoms with Crippen molar-refractivity contribution in [2.75, 3.05) is 5.32 Å². The molecule has 0 spiro atoms. The summed E-state index contributed by atoms with van der Waals surface area (Å²) in [6.45, 7) is 0. The number of amides is 2. The lowest BCUT2D eigenvalue weighted by molar-refractivity contribution is -0.112. The van der Waals surface area contributed by atoms with Crippen LogP contribution < -0.4 is 20.7 Å². The second-order valence-electron chi connectivity index (χ2n) is 7.75. The highest BCUT2D eigenvalue weighted by Gasteiger charge is 2.27. The minimum atomic E-state index is -0.470. The molecule has 2 aliphatic heterocycles. The molecule has 0 saturated heterocycles. The number of hydrogen-bond acceptors (Lipinski definition) is 7. The number of aromatic hydroxyl groups is 2. The van der Waals surface area contributed by atoms with E-state index in [9.17, 15) is 19.8 Å². The molecule has 6 rings (SSSR count). The first-order chi connectivity index (χ1) is 17.0. The topological polar surface area (TPSA) is 129 Å². The van der Waals surface area contributed by atoms with Crippen molar-refractivity contribution in [3.8, 4) is 17.3 Å². The summed E-state index contributed by atoms with van der Waals surface area (Å²) in [6.07, 6.45) is 0. The highest BCUT2D eigenvalue weighted by atomic mass is 32.1. The van der Waals surface area contributed by atoms with Gasteiger partial charge in [-0.3, -0.25) is 14.2 Å². The van der Waals surface area contributed by atoms with Crippen molar-refractivity contribution in [1.29, 1.82) is 0 Å². The second-order valence-corrected chi connectivity index (χ2v) is 8.72. The molecule has 2 aliphatic rings. The summed E-state index contributed by atoms with van der Waals surface area (Å²) in [5.41, 5.74) is 2.13. The molecule has 1 aromatic heterocycles. The predicted octanol–water partition coefficient (Wildman–Crippen LogP) is 1.57. The molecule has 0 radical (unpaired) electrons. The van der Waals surface area contributed by atoms with Gasteiger partial charge < -0.3 is 15.5 Å². The molecule has 3 N–H and O–H groups in total. The molecule has 2 amide bonds. The fourth-order valence-corrected chi connectivity index (χ4v) is 5.04. The van der Waals surface area contributed by atoms with E-state index in [4.69, 9.17) is 0 Å². The Morgan fingerprint density at radius 1 is 0.886 bits per heavy atom. The number of thiazole rings is 1. The van der Waals surface area contributed by atoms with Gasteiger partial charge in [0.15, 0.2) is 5.71 Å². The summed E-state index contributed by atoms with van der Waals surface area (Å²) < 4.78 is 1.41. The summed E-state index contributed by atoms with van der Waals surface area (Å²) in [4.78, 5) is 29.8. The number of nitrogens with one attached hydrogen (secondary N) is 1. The molecule has 10 heteroatoms. The van der Waals surface area contributed by atoms with Crippen molar-refractivity contribution < 1.29 is 19.8 Å². The van der Waals surface area contributed by atoms with Gasteiger partial charge in [-0.25, -0.2) is 4.99 Å². The van der Waals surface area contributed by atoms with E-state index in [-0.39, 0.29) is 38.5 Å². The fourth-order valence-electron chi connectivity index (χ4n) is 4.01. The number of hydrogen-bond donors (Lipinski definition) is 3. The van der Waals surface area contributed by atoms with Gasteiger partial charge in [0, 0.05) is 10.8 Å². The monoisotopic (exact) mass is 481 g/mol. The van der Waals surface area contributed by atoms with Crippen molar-refractivity contribution in [2.24, 2.45) is 15.2 Å². The van der Waals surface area contributed by atoms with Crippen LogP contribution in [0.4, 0.5) is 5.69 Å². The first kappa shape index (κ1) is 20.8. The molecule has 3 aromatic carbocycles. The summed E-state index contributed by atoms with van der Waals surface area (Å²) in [7, 11) is 0. The van der Waals surface area contributed by atoms with Crippen LogP contribution in [-0.2, 0) is 9.59 Å². The molecule has 3 heterocycles. The molecule has 0 atom stereocenters. The first-order valence-electron chi connectivity index (χ1n) is 10.5. The number of benzene rings is 3. The number of aromatic nitrogens is 1. The van der Waals surface area contributed by atoms with Crippen molar-refractivity contribution in [1.82, 2.24) is 4.57 Å². The van der Waals surface area contributed by atoms with E-state index < -0.39 is 5.91 Å². The van der Waals surface area contributed by atoms with Gasteiger partial charge >= 0.3 is 0 Å². The molecule has 35 heavy (non-hydrogen) atoms. The Morgan fingerprint density at radius 2 is 1.63 bits per heavy atom. The van der Waals surface area contributed by atoms with Gasteiger partial charge in [-0.2, -0.15) is 0 Å². The van der Waals surface area contributed by atoms with Crippen LogP contribution in [0.3, 0.4) is 0 Å². The SMILES string of the molecule is O=C1N=c2ccccc2=C1c1s/c(=N\N=C2/C(=O)Nc3ccccc32)n(-c2ccc(O)cc2)c1O. The van der Waals surface area contributed by atoms with E-state index >= 15 is 0 Å². The van der Waals surface area contributed by atoms with Crippen LogP contribution in [0, 0.1) is 0 Å². The van der Waals surface area contributed by atoms with E-state index in [1.165, 1.54) is 16.7 Å². The second kappa shape index (κ2) is 7.89. The number of phenolic OH excluding ortho intramolecular Hbond substituents is 1. The third-order valence-electron chi connectivity index (χ3n) is 5.62. The number of nitrogens with zero attached hydrogens (tertiary/aromatic N) is 4. The van der Waals surface area contributed by atoms with Crippen molar-refractivity contribution in [3.05, 3.63) is 98.6 Å². The lowest BCUT2D eigenvalue weighted by Gasteiger charge is -2.05. The Hall–Kier alpha value is -4.83. The van der Waals surface area contributed by atoms with Crippen LogP contribution in [0.2, 0.25) is 0 Å². The van der Waals surface area contributed by atoms with Gasteiger partial charge in [0.1, 0.15) is 10.6 Å². The number of anilines is 1. The van der Waals surface area contributed by atoms with Crippen molar-refractivity contribution in [3.63, 3.8) is 0 Å². The number of carbonyl (C=O) groups excluding carboxylic acids is 2. The van der Waals surface area contributed by atoms with Gasteiger partial charge in [0.05, 0.1) is 22.3 Å². The fraction of sp³-hybridized carbons (Fsp3) is 0. The molecular formula is C25H15N5O4S. The van der Waals surface area contributed by atoms with Crippen LogP contribution in [0.15, 0.2) is 88.0 Å². The lowest BCUT2D eigenvalue weighted by Crippen LogP contribution is -2.22. The maximum Gasteiger partial charge on any atom is 0.279 e. The van der Waals surface area contributed by atoms with Gasteiger partial charge in [0.2, 0.25) is 10.7 Å². The molecule has 0 aliphatic carbocycles. The normalized spacial score (nSPS) is 15.8. The van der Waals surface area contributed by atoms with Gasteiger partial charge in [-0.05, 0) is 36.4 Å². The highest BCUT2D eigenvalue weighted by molar-refractivity contribution is 7.11. The minimum absolute atomic E-state index is 0.0512. The number of rotatable bonds is 3. The first-order valence-corrected chi connectivity index (χ1v) is 11.3. The Balaban J connectivity index is 1.61. The lowest BCUT2D eigenvalue weighted by atomic mass is 10.1. The van der Waals surface area contributed by atoms with E-state index in [2.05, 4.69) is 20.5 Å². The van der Waals surface area contributed by atoms with E-state index in [1.54, 1.807) is 60.7 Å². The third kappa shape index (κ3) is 3.35. The van der Waals surface area contributed by atoms with Crippen LogP contribution in [0.1, 0.15) is 10.4 Å². The number of phenols is 1. The summed E-state index contributed by atoms with van der Waals surface area (Å²) in [5.74, 6) is -1.04. The largest absolute Gasteiger partial charge is 0.508 e. The van der Waals surface area contributed by atoms with Crippen LogP contribution in [-0.4, -0.2) is 32.3 Å². The molecule has 4 aromatic rings. The number of carbonyl (C=O) groups is 2. The van der Waals surface area contributed by atoms with Gasteiger partial charge in [0.25, 0.3) is 11.8 Å². The van der Waals surface area contributed by atoms with Crippen molar-refractivity contribution in [2.45, 2.75) is 0 Å². The van der Waals surface area contributed by atoms with E-state index in [0.717, 1.165) is 11.3 Å². The average molecular weight is 481 g/mol. The minimum Gasteiger partial charge on any atom is -0.508 e. The molecular weight excluding hydrogens is 466 g/mol. The van der Waals surface area contributed by atoms with Crippen LogP contribution in [0.5, 0.6) is 11.6 Å². The predicted molar refractivity (Wildman–Crippen MR) is 129 cm³/mol. The Kier molecular flexibility index (Phi) is 4.68. The zero-order valence-electron chi connectivity index (χ0n) is 17.8. The molecule has 0 bridgehead atoms. The molecule has 0 saturated carbocycles. The maximum absolute atomic E-state index is 12.8. The number of para-hydroxylation sites is 2. The standard InChI is InChI=1S/C25H15N5O4S/c31-14-11-9-13(10-12-14)30-24(34)21(19-15-5-1-3-7-17(15)26-22(19)32)35-25(30)29-28-20-16-6-2-4-8-18(16)27-23(20)33/h1-12,31,34H,(H,27,28,33)/b29-25-.